The molecular formula is C18H22N2O2. The van der Waals surface area contributed by atoms with Crippen molar-refractivity contribution in [1.82, 2.24) is 5.32 Å². The highest BCUT2D eigenvalue weighted by Crippen LogP contribution is 2.20. The van der Waals surface area contributed by atoms with Crippen LogP contribution in [0.2, 0.25) is 0 Å². The number of rotatable bonds is 5. The van der Waals surface area contributed by atoms with Gasteiger partial charge in [-0.25, -0.2) is 4.79 Å². The van der Waals surface area contributed by atoms with Gasteiger partial charge in [-0.05, 0) is 43.5 Å². The molecule has 2 N–H and O–H groups in total. The minimum absolute atomic E-state index is 0.127. The predicted molar refractivity (Wildman–Crippen MR) is 89.4 cm³/mol. The van der Waals surface area contributed by atoms with E-state index in [1.807, 2.05) is 56.3 Å². The summed E-state index contributed by atoms with van der Waals surface area (Å²) in [5, 5.41) is 5.60. The van der Waals surface area contributed by atoms with Crippen LogP contribution in [0.5, 0.6) is 5.75 Å². The molecule has 4 nitrogen and oxygen atoms in total. The third-order valence-corrected chi connectivity index (χ3v) is 3.47. The van der Waals surface area contributed by atoms with Crippen molar-refractivity contribution in [2.75, 3.05) is 12.0 Å². The van der Waals surface area contributed by atoms with Crippen molar-refractivity contribution >= 4 is 11.7 Å². The predicted octanol–water partition coefficient (Wildman–Crippen LogP) is 4.02. The van der Waals surface area contributed by atoms with Crippen LogP contribution in [0.15, 0.2) is 42.5 Å². The number of nitrogens with one attached hydrogen (secondary N) is 2. The SMILES string of the molecule is CCc1cccc(C)c1NC(=O)NCOc1ccc(C)cc1. The van der Waals surface area contributed by atoms with Crippen LogP contribution < -0.4 is 15.4 Å². The zero-order valence-electron chi connectivity index (χ0n) is 13.3. The second-order valence-electron chi connectivity index (χ2n) is 5.20. The lowest BCUT2D eigenvalue weighted by Gasteiger charge is -2.14. The van der Waals surface area contributed by atoms with Crippen LogP contribution >= 0.6 is 0 Å². The molecule has 0 unspecified atom stereocenters. The maximum Gasteiger partial charge on any atom is 0.321 e. The van der Waals surface area contributed by atoms with E-state index in [1.54, 1.807) is 0 Å². The molecule has 2 amide bonds. The topological polar surface area (TPSA) is 50.4 Å². The Hall–Kier alpha value is -2.49. The third-order valence-electron chi connectivity index (χ3n) is 3.47. The number of amides is 2. The Morgan fingerprint density at radius 1 is 1.09 bits per heavy atom. The van der Waals surface area contributed by atoms with E-state index >= 15 is 0 Å². The Kier molecular flexibility index (Phi) is 5.42. The lowest BCUT2D eigenvalue weighted by atomic mass is 10.1. The molecule has 0 saturated heterocycles. The lowest BCUT2D eigenvalue weighted by Crippen LogP contribution is -2.32. The van der Waals surface area contributed by atoms with Gasteiger partial charge in [-0.1, -0.05) is 42.8 Å². The van der Waals surface area contributed by atoms with Gasteiger partial charge in [0.25, 0.3) is 0 Å². The summed E-state index contributed by atoms with van der Waals surface area (Å²) in [6.45, 7) is 6.20. The molecule has 0 aliphatic carbocycles. The Morgan fingerprint density at radius 2 is 1.82 bits per heavy atom. The van der Waals surface area contributed by atoms with E-state index in [0.29, 0.717) is 0 Å². The fraction of sp³-hybridized carbons (Fsp3) is 0.278. The molecule has 0 heterocycles. The van der Waals surface area contributed by atoms with E-state index in [2.05, 4.69) is 17.6 Å². The van der Waals surface area contributed by atoms with Crippen LogP contribution in [0.25, 0.3) is 0 Å². The molecule has 4 heteroatoms. The fourth-order valence-electron chi connectivity index (χ4n) is 2.18. The van der Waals surface area contributed by atoms with Gasteiger partial charge in [0.05, 0.1) is 0 Å². The maximum absolute atomic E-state index is 12.0. The summed E-state index contributed by atoms with van der Waals surface area (Å²) in [5.41, 5.74) is 4.21. The molecule has 0 saturated carbocycles. The molecule has 0 aliphatic rings. The number of benzene rings is 2. The highest BCUT2D eigenvalue weighted by atomic mass is 16.5. The number of aryl methyl sites for hydroxylation is 3. The Morgan fingerprint density at radius 3 is 2.50 bits per heavy atom. The normalized spacial score (nSPS) is 10.1. The number of urea groups is 1. The highest BCUT2D eigenvalue weighted by Gasteiger charge is 2.08. The number of para-hydroxylation sites is 1. The van der Waals surface area contributed by atoms with Crippen molar-refractivity contribution in [3.63, 3.8) is 0 Å². The average molecular weight is 298 g/mol. The quantitative estimate of drug-likeness (QED) is 0.819. The zero-order valence-corrected chi connectivity index (χ0v) is 13.3. The van der Waals surface area contributed by atoms with Crippen LogP contribution in [0.1, 0.15) is 23.6 Å². The number of carbonyl (C=O) groups is 1. The first-order valence-electron chi connectivity index (χ1n) is 7.43. The summed E-state index contributed by atoms with van der Waals surface area (Å²) >= 11 is 0. The van der Waals surface area contributed by atoms with Gasteiger partial charge in [0.2, 0.25) is 0 Å². The summed E-state index contributed by atoms with van der Waals surface area (Å²) in [6, 6.07) is 13.4. The van der Waals surface area contributed by atoms with Crippen LogP contribution in [0.3, 0.4) is 0 Å². The standard InChI is InChI=1S/C18H22N2O2/c1-4-15-7-5-6-14(3)17(15)20-18(21)19-12-22-16-10-8-13(2)9-11-16/h5-11H,4,12H2,1-3H3,(H2,19,20,21). The van der Waals surface area contributed by atoms with Crippen molar-refractivity contribution in [1.29, 1.82) is 0 Å². The molecule has 2 aromatic carbocycles. The van der Waals surface area contributed by atoms with Crippen molar-refractivity contribution < 1.29 is 9.53 Å². The molecule has 0 radical (unpaired) electrons. The average Bonchev–Trinajstić information content (AvgIpc) is 2.51. The van der Waals surface area contributed by atoms with Crippen molar-refractivity contribution in [2.24, 2.45) is 0 Å². The molecular weight excluding hydrogens is 276 g/mol. The van der Waals surface area contributed by atoms with Gasteiger partial charge in [0.1, 0.15) is 5.75 Å². The smallest absolute Gasteiger partial charge is 0.321 e. The molecule has 22 heavy (non-hydrogen) atoms. The number of hydrogen-bond donors (Lipinski definition) is 2. The third kappa shape index (κ3) is 4.25. The largest absolute Gasteiger partial charge is 0.473 e. The summed E-state index contributed by atoms with van der Waals surface area (Å²) in [5.74, 6) is 0.732. The summed E-state index contributed by atoms with van der Waals surface area (Å²) in [4.78, 5) is 12.0. The first-order chi connectivity index (χ1) is 10.6. The van der Waals surface area contributed by atoms with E-state index in [9.17, 15) is 4.79 Å². The summed E-state index contributed by atoms with van der Waals surface area (Å²) in [7, 11) is 0. The maximum atomic E-state index is 12.0. The Labute approximate surface area is 131 Å². The van der Waals surface area contributed by atoms with Crippen LogP contribution in [-0.4, -0.2) is 12.8 Å². The van der Waals surface area contributed by atoms with Crippen molar-refractivity contribution in [2.45, 2.75) is 27.2 Å². The van der Waals surface area contributed by atoms with Gasteiger partial charge >= 0.3 is 6.03 Å². The molecule has 0 aromatic heterocycles. The van der Waals surface area contributed by atoms with E-state index in [-0.39, 0.29) is 12.8 Å². The van der Waals surface area contributed by atoms with Crippen LogP contribution in [0, 0.1) is 13.8 Å². The van der Waals surface area contributed by atoms with Gasteiger partial charge in [-0.2, -0.15) is 0 Å². The monoisotopic (exact) mass is 298 g/mol. The number of hydrogen-bond acceptors (Lipinski definition) is 2. The zero-order chi connectivity index (χ0) is 15.9. The minimum atomic E-state index is -0.267. The minimum Gasteiger partial charge on any atom is -0.473 e. The van der Waals surface area contributed by atoms with Crippen LogP contribution in [-0.2, 0) is 6.42 Å². The number of ether oxygens (including phenoxy) is 1. The first kappa shape index (κ1) is 15.9. The van der Waals surface area contributed by atoms with Gasteiger partial charge < -0.3 is 15.4 Å². The van der Waals surface area contributed by atoms with Gasteiger partial charge in [0, 0.05) is 5.69 Å². The molecule has 2 rings (SSSR count). The Balaban J connectivity index is 1.87. The van der Waals surface area contributed by atoms with E-state index in [4.69, 9.17) is 4.74 Å². The van der Waals surface area contributed by atoms with E-state index in [1.165, 1.54) is 5.56 Å². The number of anilines is 1. The molecule has 0 spiro atoms. The van der Waals surface area contributed by atoms with Crippen molar-refractivity contribution in [3.8, 4) is 5.75 Å². The molecule has 0 atom stereocenters. The Bertz CT molecular complexity index is 636. The van der Waals surface area contributed by atoms with Gasteiger partial charge in [-0.3, -0.25) is 0 Å². The highest BCUT2D eigenvalue weighted by molar-refractivity contribution is 5.90. The van der Waals surface area contributed by atoms with Crippen LogP contribution in [0.4, 0.5) is 10.5 Å². The second-order valence-corrected chi connectivity index (χ2v) is 5.20. The lowest BCUT2D eigenvalue weighted by molar-refractivity contribution is 0.234. The molecule has 0 bridgehead atoms. The first-order valence-corrected chi connectivity index (χ1v) is 7.43. The van der Waals surface area contributed by atoms with E-state index in [0.717, 1.165) is 29.0 Å². The van der Waals surface area contributed by atoms with Crippen molar-refractivity contribution in [3.05, 3.63) is 59.2 Å². The summed E-state index contributed by atoms with van der Waals surface area (Å²) < 4.78 is 5.48. The number of carbonyl (C=O) groups excluding carboxylic acids is 1. The molecule has 0 fully saturated rings. The van der Waals surface area contributed by atoms with Gasteiger partial charge in [-0.15, -0.1) is 0 Å². The second kappa shape index (κ2) is 7.50. The van der Waals surface area contributed by atoms with Gasteiger partial charge in [0.15, 0.2) is 6.73 Å². The fourth-order valence-corrected chi connectivity index (χ4v) is 2.18. The molecule has 2 aromatic rings. The molecule has 116 valence electrons. The molecule has 0 aliphatic heterocycles. The van der Waals surface area contributed by atoms with E-state index < -0.39 is 0 Å². The summed E-state index contributed by atoms with van der Waals surface area (Å²) in [6.07, 6.45) is 0.872.